The molecular formula is C13H7Br2NO2. The number of hydrogen-bond donors (Lipinski definition) is 1. The lowest BCUT2D eigenvalue weighted by Crippen LogP contribution is -2.03. The third-order valence-corrected chi connectivity index (χ3v) is 3.74. The van der Waals surface area contributed by atoms with Gasteiger partial charge in [0.05, 0.1) is 17.5 Å². The number of rotatable bonds is 1. The molecule has 0 saturated carbocycles. The van der Waals surface area contributed by atoms with Gasteiger partial charge in [-0.05, 0) is 46.3 Å². The molecule has 3 rings (SSSR count). The monoisotopic (exact) mass is 367 g/mol. The van der Waals surface area contributed by atoms with Gasteiger partial charge in [-0.15, -0.1) is 0 Å². The quantitative estimate of drug-likeness (QED) is 0.762. The SMILES string of the molecule is O=C1Nc2c(Br)cc(Br)cc2/C1=C/c1ccco1. The first-order chi connectivity index (χ1) is 8.65. The molecule has 5 heteroatoms. The predicted octanol–water partition coefficient (Wildman–Crippen LogP) is 4.30. The van der Waals surface area contributed by atoms with E-state index in [0.29, 0.717) is 11.3 Å². The molecule has 18 heavy (non-hydrogen) atoms. The van der Waals surface area contributed by atoms with Crippen LogP contribution < -0.4 is 5.32 Å². The minimum Gasteiger partial charge on any atom is -0.465 e. The van der Waals surface area contributed by atoms with Crippen molar-refractivity contribution in [2.45, 2.75) is 0 Å². The lowest BCUT2D eigenvalue weighted by Gasteiger charge is -2.02. The molecule has 2 aromatic rings. The predicted molar refractivity (Wildman–Crippen MR) is 77.1 cm³/mol. The second-order valence-corrected chi connectivity index (χ2v) is 5.61. The first-order valence-electron chi connectivity index (χ1n) is 5.21. The molecule has 1 N–H and O–H groups in total. The summed E-state index contributed by atoms with van der Waals surface area (Å²) >= 11 is 6.86. The van der Waals surface area contributed by atoms with Crippen LogP contribution in [-0.4, -0.2) is 5.91 Å². The van der Waals surface area contributed by atoms with Gasteiger partial charge in [-0.25, -0.2) is 0 Å². The fourth-order valence-electron chi connectivity index (χ4n) is 1.88. The molecular weight excluding hydrogens is 362 g/mol. The largest absolute Gasteiger partial charge is 0.465 e. The highest BCUT2D eigenvalue weighted by molar-refractivity contribution is 9.11. The second-order valence-electron chi connectivity index (χ2n) is 3.84. The zero-order valence-corrected chi connectivity index (χ0v) is 12.2. The first kappa shape index (κ1) is 11.7. The summed E-state index contributed by atoms with van der Waals surface area (Å²) in [6, 6.07) is 7.41. The zero-order chi connectivity index (χ0) is 12.7. The molecule has 1 aromatic heterocycles. The van der Waals surface area contributed by atoms with Crippen LogP contribution in [0, 0.1) is 0 Å². The molecule has 0 atom stereocenters. The molecule has 1 aliphatic rings. The van der Waals surface area contributed by atoms with Crippen LogP contribution in [0.5, 0.6) is 0 Å². The van der Waals surface area contributed by atoms with Gasteiger partial charge in [-0.2, -0.15) is 0 Å². The fourth-order valence-corrected chi connectivity index (χ4v) is 3.20. The summed E-state index contributed by atoms with van der Waals surface area (Å²) in [5.74, 6) is 0.532. The van der Waals surface area contributed by atoms with Crippen LogP contribution in [0.4, 0.5) is 5.69 Å². The van der Waals surface area contributed by atoms with Crippen LogP contribution in [-0.2, 0) is 4.79 Å². The third-order valence-electron chi connectivity index (χ3n) is 2.66. The topological polar surface area (TPSA) is 42.2 Å². The van der Waals surface area contributed by atoms with Crippen molar-refractivity contribution in [1.29, 1.82) is 0 Å². The molecule has 1 aromatic carbocycles. The summed E-state index contributed by atoms with van der Waals surface area (Å²) in [7, 11) is 0. The number of nitrogens with one attached hydrogen (secondary N) is 1. The van der Waals surface area contributed by atoms with Crippen molar-refractivity contribution in [3.05, 3.63) is 50.8 Å². The Morgan fingerprint density at radius 2 is 2.11 bits per heavy atom. The molecule has 0 fully saturated rings. The number of amides is 1. The standard InChI is InChI=1S/C13H7Br2NO2/c14-7-4-9-10(6-8-2-1-3-18-8)13(17)16-12(9)11(15)5-7/h1-6H,(H,16,17)/b10-6-. The first-order valence-corrected chi connectivity index (χ1v) is 6.80. The van der Waals surface area contributed by atoms with E-state index in [1.54, 1.807) is 18.4 Å². The Morgan fingerprint density at radius 3 is 2.83 bits per heavy atom. The second kappa shape index (κ2) is 4.40. The van der Waals surface area contributed by atoms with Crippen molar-refractivity contribution < 1.29 is 9.21 Å². The van der Waals surface area contributed by atoms with E-state index in [4.69, 9.17) is 4.42 Å². The van der Waals surface area contributed by atoms with Crippen molar-refractivity contribution in [3.63, 3.8) is 0 Å². The normalized spacial score (nSPS) is 15.9. The molecule has 0 aliphatic carbocycles. The summed E-state index contributed by atoms with van der Waals surface area (Å²) in [6.45, 7) is 0. The average molecular weight is 369 g/mol. The maximum Gasteiger partial charge on any atom is 0.256 e. The van der Waals surface area contributed by atoms with Crippen molar-refractivity contribution in [3.8, 4) is 0 Å². The molecule has 0 radical (unpaired) electrons. The van der Waals surface area contributed by atoms with Gasteiger partial charge < -0.3 is 9.73 Å². The molecule has 2 heterocycles. The molecule has 3 nitrogen and oxygen atoms in total. The zero-order valence-electron chi connectivity index (χ0n) is 9.04. The summed E-state index contributed by atoms with van der Waals surface area (Å²) in [5, 5.41) is 2.84. The molecule has 0 spiro atoms. The Kier molecular flexibility index (Phi) is 2.87. The number of carbonyl (C=O) groups excluding carboxylic acids is 1. The van der Waals surface area contributed by atoms with Gasteiger partial charge in [-0.1, -0.05) is 15.9 Å². The molecule has 1 amide bonds. The Labute approximate surface area is 120 Å². The van der Waals surface area contributed by atoms with E-state index in [-0.39, 0.29) is 5.91 Å². The van der Waals surface area contributed by atoms with Gasteiger partial charge >= 0.3 is 0 Å². The number of anilines is 1. The highest BCUT2D eigenvalue weighted by atomic mass is 79.9. The maximum atomic E-state index is 12.0. The third kappa shape index (κ3) is 1.93. The van der Waals surface area contributed by atoms with E-state index in [2.05, 4.69) is 37.2 Å². The number of benzene rings is 1. The Hall–Kier alpha value is -1.33. The lowest BCUT2D eigenvalue weighted by molar-refractivity contribution is -0.110. The molecule has 0 saturated heterocycles. The summed E-state index contributed by atoms with van der Waals surface area (Å²) in [6.07, 6.45) is 3.32. The van der Waals surface area contributed by atoms with Gasteiger partial charge in [0.15, 0.2) is 0 Å². The average Bonchev–Trinajstić information content (AvgIpc) is 2.91. The maximum absolute atomic E-state index is 12.0. The number of carbonyl (C=O) groups is 1. The Balaban J connectivity index is 2.18. The van der Waals surface area contributed by atoms with Crippen molar-refractivity contribution in [1.82, 2.24) is 0 Å². The number of hydrogen-bond acceptors (Lipinski definition) is 2. The van der Waals surface area contributed by atoms with Gasteiger partial charge in [-0.3, -0.25) is 4.79 Å². The number of fused-ring (bicyclic) bond motifs is 1. The minimum absolute atomic E-state index is 0.125. The summed E-state index contributed by atoms with van der Waals surface area (Å²) < 4.78 is 7.00. The highest BCUT2D eigenvalue weighted by Crippen LogP contribution is 2.40. The van der Waals surface area contributed by atoms with Crippen LogP contribution in [0.1, 0.15) is 11.3 Å². The molecule has 1 aliphatic heterocycles. The van der Waals surface area contributed by atoms with Gasteiger partial charge in [0.2, 0.25) is 0 Å². The number of halogens is 2. The van der Waals surface area contributed by atoms with E-state index < -0.39 is 0 Å². The number of furan rings is 1. The van der Waals surface area contributed by atoms with Crippen LogP contribution in [0.3, 0.4) is 0 Å². The molecule has 0 unspecified atom stereocenters. The highest BCUT2D eigenvalue weighted by Gasteiger charge is 2.26. The van der Waals surface area contributed by atoms with Crippen molar-refractivity contribution >= 4 is 55.1 Å². The van der Waals surface area contributed by atoms with E-state index in [0.717, 1.165) is 20.2 Å². The summed E-state index contributed by atoms with van der Waals surface area (Å²) in [4.78, 5) is 12.0. The van der Waals surface area contributed by atoms with Crippen LogP contribution in [0.15, 0.2) is 43.9 Å². The van der Waals surface area contributed by atoms with Crippen LogP contribution in [0.2, 0.25) is 0 Å². The van der Waals surface area contributed by atoms with Gasteiger partial charge in [0, 0.05) is 14.5 Å². The summed E-state index contributed by atoms with van der Waals surface area (Å²) in [5.41, 5.74) is 2.25. The Bertz CT molecular complexity index is 660. The Morgan fingerprint density at radius 1 is 1.28 bits per heavy atom. The lowest BCUT2D eigenvalue weighted by atomic mass is 10.1. The van der Waals surface area contributed by atoms with Gasteiger partial charge in [0.25, 0.3) is 5.91 Å². The van der Waals surface area contributed by atoms with Crippen LogP contribution >= 0.6 is 31.9 Å². The molecule has 0 bridgehead atoms. The van der Waals surface area contributed by atoms with E-state index >= 15 is 0 Å². The minimum atomic E-state index is -0.125. The van der Waals surface area contributed by atoms with Crippen molar-refractivity contribution in [2.24, 2.45) is 0 Å². The van der Waals surface area contributed by atoms with E-state index in [9.17, 15) is 4.79 Å². The smallest absolute Gasteiger partial charge is 0.256 e. The van der Waals surface area contributed by atoms with Gasteiger partial charge in [0.1, 0.15) is 5.76 Å². The fraction of sp³-hybridized carbons (Fsp3) is 0. The van der Waals surface area contributed by atoms with Crippen LogP contribution in [0.25, 0.3) is 11.6 Å². The molecule has 90 valence electrons. The van der Waals surface area contributed by atoms with Crippen molar-refractivity contribution in [2.75, 3.05) is 5.32 Å². The van der Waals surface area contributed by atoms with E-state index in [1.807, 2.05) is 18.2 Å². The van der Waals surface area contributed by atoms with E-state index in [1.165, 1.54) is 0 Å².